The monoisotopic (exact) mass is 496 g/mol. The maximum atomic E-state index is 12.8. The molecule has 0 aliphatic heterocycles. The highest BCUT2D eigenvalue weighted by Gasteiger charge is 2.26. The molecule has 0 aliphatic carbocycles. The lowest BCUT2D eigenvalue weighted by molar-refractivity contribution is -0.905. The molecule has 0 fully saturated rings. The van der Waals surface area contributed by atoms with Gasteiger partial charge >= 0.3 is 5.97 Å². The van der Waals surface area contributed by atoms with Crippen LogP contribution in [0.25, 0.3) is 0 Å². The van der Waals surface area contributed by atoms with E-state index in [0.717, 1.165) is 36.2 Å². The SMILES string of the molecule is CCCCCCCCCc1ccccc1OC(CC)COC(=O)C(C)C[N+](C)(C)Cc1ccccc1. The van der Waals surface area contributed by atoms with Crippen molar-refractivity contribution in [3.8, 4) is 5.75 Å². The van der Waals surface area contributed by atoms with Gasteiger partial charge in [-0.05, 0) is 37.8 Å². The number of carbonyl (C=O) groups excluding carboxylic acids is 1. The molecule has 0 N–H and O–H groups in total. The summed E-state index contributed by atoms with van der Waals surface area (Å²) in [6.45, 7) is 8.21. The Morgan fingerprint density at radius 2 is 1.50 bits per heavy atom. The molecule has 2 unspecified atom stereocenters. The van der Waals surface area contributed by atoms with Gasteiger partial charge in [0.05, 0.1) is 20.6 Å². The minimum absolute atomic E-state index is 0.136. The van der Waals surface area contributed by atoms with Crippen molar-refractivity contribution in [3.05, 3.63) is 65.7 Å². The zero-order valence-electron chi connectivity index (χ0n) is 23.5. The third-order valence-corrected chi connectivity index (χ3v) is 6.81. The maximum Gasteiger partial charge on any atom is 0.314 e. The molecule has 0 aliphatic rings. The van der Waals surface area contributed by atoms with Gasteiger partial charge in [0.25, 0.3) is 0 Å². The van der Waals surface area contributed by atoms with Gasteiger partial charge < -0.3 is 14.0 Å². The summed E-state index contributed by atoms with van der Waals surface area (Å²) in [6.07, 6.45) is 10.8. The summed E-state index contributed by atoms with van der Waals surface area (Å²) in [5, 5.41) is 0. The van der Waals surface area contributed by atoms with Gasteiger partial charge in [-0.25, -0.2) is 0 Å². The molecule has 0 saturated heterocycles. The van der Waals surface area contributed by atoms with E-state index in [9.17, 15) is 4.79 Å². The van der Waals surface area contributed by atoms with E-state index in [0.29, 0.717) is 0 Å². The molecule has 200 valence electrons. The lowest BCUT2D eigenvalue weighted by atomic mass is 10.0. The van der Waals surface area contributed by atoms with Crippen molar-refractivity contribution in [2.75, 3.05) is 27.2 Å². The summed E-state index contributed by atoms with van der Waals surface area (Å²) in [5.74, 6) is 0.610. The number of quaternary nitrogens is 1. The van der Waals surface area contributed by atoms with E-state index in [4.69, 9.17) is 9.47 Å². The smallest absolute Gasteiger partial charge is 0.314 e. The Bertz CT molecular complexity index is 865. The first kappa shape index (κ1) is 29.9. The first-order chi connectivity index (χ1) is 17.3. The Morgan fingerprint density at radius 1 is 0.861 bits per heavy atom. The maximum absolute atomic E-state index is 12.8. The van der Waals surface area contributed by atoms with Crippen molar-refractivity contribution in [1.82, 2.24) is 0 Å². The number of rotatable bonds is 18. The van der Waals surface area contributed by atoms with Crippen LogP contribution in [0, 0.1) is 5.92 Å². The number of nitrogens with zero attached hydrogens (tertiary/aromatic N) is 1. The van der Waals surface area contributed by atoms with Crippen LogP contribution in [-0.2, 0) is 22.5 Å². The average Bonchev–Trinajstić information content (AvgIpc) is 2.86. The van der Waals surface area contributed by atoms with Crippen LogP contribution in [-0.4, -0.2) is 43.8 Å². The van der Waals surface area contributed by atoms with Gasteiger partial charge in [-0.1, -0.05) is 101 Å². The topological polar surface area (TPSA) is 35.5 Å². The van der Waals surface area contributed by atoms with Gasteiger partial charge in [0.15, 0.2) is 0 Å². The molecule has 0 amide bonds. The van der Waals surface area contributed by atoms with Crippen LogP contribution in [0.2, 0.25) is 0 Å². The summed E-state index contributed by atoms with van der Waals surface area (Å²) < 4.78 is 12.8. The number of hydrogen-bond donors (Lipinski definition) is 0. The molecule has 0 radical (unpaired) electrons. The van der Waals surface area contributed by atoms with Crippen molar-refractivity contribution < 1.29 is 18.8 Å². The number of unbranched alkanes of at least 4 members (excludes halogenated alkanes) is 6. The lowest BCUT2D eigenvalue weighted by Crippen LogP contribution is -2.44. The predicted octanol–water partition coefficient (Wildman–Crippen LogP) is 7.59. The van der Waals surface area contributed by atoms with E-state index in [2.05, 4.69) is 64.3 Å². The van der Waals surface area contributed by atoms with Crippen molar-refractivity contribution in [2.45, 2.75) is 91.2 Å². The van der Waals surface area contributed by atoms with Gasteiger partial charge in [-0.3, -0.25) is 4.79 Å². The van der Waals surface area contributed by atoms with Crippen LogP contribution in [0.5, 0.6) is 5.75 Å². The lowest BCUT2D eigenvalue weighted by Gasteiger charge is -2.32. The van der Waals surface area contributed by atoms with Gasteiger partial charge in [-0.15, -0.1) is 0 Å². The molecule has 2 atom stereocenters. The molecular formula is C32H50NO3+. The Kier molecular flexibility index (Phi) is 13.6. The van der Waals surface area contributed by atoms with E-state index < -0.39 is 0 Å². The zero-order valence-corrected chi connectivity index (χ0v) is 23.5. The molecule has 0 heterocycles. The second-order valence-corrected chi connectivity index (χ2v) is 10.9. The third-order valence-electron chi connectivity index (χ3n) is 6.81. The van der Waals surface area contributed by atoms with Crippen LogP contribution < -0.4 is 4.74 Å². The highest BCUT2D eigenvalue weighted by atomic mass is 16.6. The Morgan fingerprint density at radius 3 is 2.19 bits per heavy atom. The van der Waals surface area contributed by atoms with Crippen LogP contribution in [0.3, 0.4) is 0 Å². The highest BCUT2D eigenvalue weighted by molar-refractivity contribution is 5.72. The number of aryl methyl sites for hydroxylation is 1. The Labute approximate surface area is 220 Å². The minimum Gasteiger partial charge on any atom is -0.487 e. The van der Waals surface area contributed by atoms with Crippen molar-refractivity contribution in [2.24, 2.45) is 5.92 Å². The van der Waals surface area contributed by atoms with Crippen molar-refractivity contribution in [1.29, 1.82) is 0 Å². The first-order valence-corrected chi connectivity index (χ1v) is 14.1. The largest absolute Gasteiger partial charge is 0.487 e. The number of benzene rings is 2. The Balaban J connectivity index is 1.80. The van der Waals surface area contributed by atoms with Crippen molar-refractivity contribution >= 4 is 5.97 Å². The van der Waals surface area contributed by atoms with Gasteiger partial charge in [-0.2, -0.15) is 0 Å². The standard InChI is InChI=1S/C32H50NO3/c1-6-8-9-10-11-12-16-21-29-22-17-18-23-31(29)36-30(7-2)26-35-32(34)27(3)24-33(4,5)25-28-19-14-13-15-20-28/h13-15,17-20,22-23,27,30H,6-12,16,21,24-26H2,1-5H3/q+1. The zero-order chi connectivity index (χ0) is 26.2. The van der Waals surface area contributed by atoms with E-state index in [1.54, 1.807) is 0 Å². The third kappa shape index (κ3) is 11.6. The summed E-state index contributed by atoms with van der Waals surface area (Å²) in [7, 11) is 4.33. The molecule has 0 saturated carbocycles. The number of hydrogen-bond acceptors (Lipinski definition) is 3. The highest BCUT2D eigenvalue weighted by Crippen LogP contribution is 2.23. The molecule has 4 nitrogen and oxygen atoms in total. The molecule has 36 heavy (non-hydrogen) atoms. The average molecular weight is 497 g/mol. The fourth-order valence-electron chi connectivity index (χ4n) is 4.79. The molecule has 0 bridgehead atoms. The van der Waals surface area contributed by atoms with Crippen LogP contribution in [0.15, 0.2) is 54.6 Å². The summed E-state index contributed by atoms with van der Waals surface area (Å²) in [4.78, 5) is 12.8. The second-order valence-electron chi connectivity index (χ2n) is 10.9. The van der Waals surface area contributed by atoms with Gasteiger partial charge in [0.1, 0.15) is 30.9 Å². The predicted molar refractivity (Wildman–Crippen MR) is 150 cm³/mol. The van der Waals surface area contributed by atoms with E-state index in [1.807, 2.05) is 25.1 Å². The molecule has 2 aromatic rings. The normalized spacial score (nSPS) is 13.2. The second kappa shape index (κ2) is 16.4. The number of para-hydroxylation sites is 1. The molecule has 0 aromatic heterocycles. The molecule has 2 aromatic carbocycles. The van der Waals surface area contributed by atoms with E-state index in [1.165, 1.54) is 56.1 Å². The van der Waals surface area contributed by atoms with Crippen LogP contribution >= 0.6 is 0 Å². The Hall–Kier alpha value is -2.33. The quantitative estimate of drug-likeness (QED) is 0.121. The van der Waals surface area contributed by atoms with E-state index in [-0.39, 0.29) is 24.6 Å². The first-order valence-electron chi connectivity index (χ1n) is 14.1. The van der Waals surface area contributed by atoms with Crippen LogP contribution in [0.1, 0.15) is 83.3 Å². The fraction of sp³-hybridized carbons (Fsp3) is 0.594. The summed E-state index contributed by atoms with van der Waals surface area (Å²) in [6, 6.07) is 18.8. The summed E-state index contributed by atoms with van der Waals surface area (Å²) >= 11 is 0. The van der Waals surface area contributed by atoms with Gasteiger partial charge in [0.2, 0.25) is 0 Å². The number of ether oxygens (including phenoxy) is 2. The summed E-state index contributed by atoms with van der Waals surface area (Å²) in [5.41, 5.74) is 2.53. The number of esters is 1. The van der Waals surface area contributed by atoms with Crippen molar-refractivity contribution in [3.63, 3.8) is 0 Å². The minimum atomic E-state index is -0.175. The van der Waals surface area contributed by atoms with Gasteiger partial charge in [0, 0.05) is 5.56 Å². The fourth-order valence-corrected chi connectivity index (χ4v) is 4.79. The molecular weight excluding hydrogens is 446 g/mol. The molecule has 0 spiro atoms. The number of carbonyl (C=O) groups is 1. The van der Waals surface area contributed by atoms with E-state index >= 15 is 0 Å². The molecule has 4 heteroatoms. The molecule has 2 rings (SSSR count). The van der Waals surface area contributed by atoms with Crippen LogP contribution in [0.4, 0.5) is 0 Å².